The molecular formula is C9H21N. The highest BCUT2D eigenvalue weighted by Crippen LogP contribution is 2.16. The first-order chi connectivity index (χ1) is 4.72. The quantitative estimate of drug-likeness (QED) is 0.622. The van der Waals surface area contributed by atoms with Crippen LogP contribution < -0.4 is 5.32 Å². The van der Waals surface area contributed by atoms with Gasteiger partial charge in [0.15, 0.2) is 0 Å². The van der Waals surface area contributed by atoms with E-state index in [4.69, 9.17) is 0 Å². The van der Waals surface area contributed by atoms with Crippen molar-refractivity contribution in [2.45, 2.75) is 33.6 Å². The summed E-state index contributed by atoms with van der Waals surface area (Å²) >= 11 is 0. The Morgan fingerprint density at radius 3 is 2.20 bits per heavy atom. The summed E-state index contributed by atoms with van der Waals surface area (Å²) in [6.07, 6.45) is 2.62. The zero-order valence-electron chi connectivity index (χ0n) is 7.78. The third-order valence-corrected chi connectivity index (χ3v) is 2.47. The van der Waals surface area contributed by atoms with Crippen molar-refractivity contribution >= 4 is 0 Å². The van der Waals surface area contributed by atoms with Crippen molar-refractivity contribution < 1.29 is 0 Å². The second-order valence-electron chi connectivity index (χ2n) is 3.26. The zero-order valence-corrected chi connectivity index (χ0v) is 7.78. The lowest BCUT2D eigenvalue weighted by atomic mass is 9.91. The lowest BCUT2D eigenvalue weighted by Gasteiger charge is -2.17. The van der Waals surface area contributed by atoms with Gasteiger partial charge in [0.05, 0.1) is 0 Å². The van der Waals surface area contributed by atoms with Crippen LogP contribution in [0.25, 0.3) is 0 Å². The maximum Gasteiger partial charge on any atom is -0.00493 e. The Bertz CT molecular complexity index is 71.1. The van der Waals surface area contributed by atoms with Crippen molar-refractivity contribution in [2.75, 3.05) is 13.6 Å². The van der Waals surface area contributed by atoms with Crippen LogP contribution in [-0.2, 0) is 0 Å². The summed E-state index contributed by atoms with van der Waals surface area (Å²) in [6, 6.07) is 0. The summed E-state index contributed by atoms with van der Waals surface area (Å²) in [7, 11) is 2.02. The van der Waals surface area contributed by atoms with Crippen LogP contribution in [0.4, 0.5) is 0 Å². The average Bonchev–Trinajstić information content (AvgIpc) is 1.98. The molecule has 1 unspecified atom stereocenters. The van der Waals surface area contributed by atoms with Crippen molar-refractivity contribution in [3.8, 4) is 0 Å². The van der Waals surface area contributed by atoms with Crippen LogP contribution in [0, 0.1) is 11.8 Å². The van der Waals surface area contributed by atoms with Crippen molar-refractivity contribution in [3.05, 3.63) is 0 Å². The van der Waals surface area contributed by atoms with Gasteiger partial charge >= 0.3 is 0 Å². The minimum Gasteiger partial charge on any atom is -0.320 e. The standard InChI is InChI=1S/C9H21N/c1-5-8(2)9(3)6-7-10-4/h8-10H,5-7H2,1-4H3/t8?,9-/m1/s1. The van der Waals surface area contributed by atoms with E-state index in [1.807, 2.05) is 7.05 Å². The molecule has 0 aromatic heterocycles. The molecule has 0 saturated heterocycles. The third-order valence-electron chi connectivity index (χ3n) is 2.47. The zero-order chi connectivity index (χ0) is 7.98. The SMILES string of the molecule is CCC(C)[C@H](C)CCNC. The molecule has 0 saturated carbocycles. The van der Waals surface area contributed by atoms with Gasteiger partial charge in [0, 0.05) is 0 Å². The van der Waals surface area contributed by atoms with Crippen LogP contribution in [0.5, 0.6) is 0 Å². The second kappa shape index (κ2) is 5.72. The Kier molecular flexibility index (Phi) is 5.70. The van der Waals surface area contributed by atoms with Crippen LogP contribution in [0.15, 0.2) is 0 Å². The van der Waals surface area contributed by atoms with Crippen molar-refractivity contribution in [3.63, 3.8) is 0 Å². The number of hydrogen-bond acceptors (Lipinski definition) is 1. The Morgan fingerprint density at radius 1 is 1.20 bits per heavy atom. The minimum absolute atomic E-state index is 0.873. The van der Waals surface area contributed by atoms with E-state index in [2.05, 4.69) is 26.1 Å². The van der Waals surface area contributed by atoms with Gasteiger partial charge in [-0.25, -0.2) is 0 Å². The third kappa shape index (κ3) is 3.89. The molecule has 0 bridgehead atoms. The molecule has 0 amide bonds. The lowest BCUT2D eigenvalue weighted by Crippen LogP contribution is -2.15. The van der Waals surface area contributed by atoms with Gasteiger partial charge in [0.1, 0.15) is 0 Å². The van der Waals surface area contributed by atoms with Gasteiger partial charge in [-0.3, -0.25) is 0 Å². The summed E-state index contributed by atoms with van der Waals surface area (Å²) in [5.41, 5.74) is 0. The van der Waals surface area contributed by atoms with E-state index in [0.29, 0.717) is 0 Å². The Labute approximate surface area is 65.2 Å². The predicted molar refractivity (Wildman–Crippen MR) is 47.2 cm³/mol. The Hall–Kier alpha value is -0.0400. The molecule has 1 N–H and O–H groups in total. The lowest BCUT2D eigenvalue weighted by molar-refractivity contribution is 0.352. The van der Waals surface area contributed by atoms with Gasteiger partial charge in [0.2, 0.25) is 0 Å². The Morgan fingerprint density at radius 2 is 1.80 bits per heavy atom. The van der Waals surface area contributed by atoms with E-state index >= 15 is 0 Å². The maximum atomic E-state index is 3.18. The average molecular weight is 143 g/mol. The van der Waals surface area contributed by atoms with Crippen LogP contribution in [-0.4, -0.2) is 13.6 Å². The van der Waals surface area contributed by atoms with Gasteiger partial charge in [-0.2, -0.15) is 0 Å². The molecule has 0 fully saturated rings. The highest BCUT2D eigenvalue weighted by molar-refractivity contribution is 4.60. The largest absolute Gasteiger partial charge is 0.320 e. The molecule has 2 atom stereocenters. The summed E-state index contributed by atoms with van der Waals surface area (Å²) in [4.78, 5) is 0. The molecule has 0 spiro atoms. The maximum absolute atomic E-state index is 3.18. The first-order valence-electron chi connectivity index (χ1n) is 4.37. The second-order valence-corrected chi connectivity index (χ2v) is 3.26. The highest BCUT2D eigenvalue weighted by atomic mass is 14.8. The van der Waals surface area contributed by atoms with Gasteiger partial charge < -0.3 is 5.32 Å². The summed E-state index contributed by atoms with van der Waals surface area (Å²) in [6.45, 7) is 8.10. The van der Waals surface area contributed by atoms with Gasteiger partial charge in [0.25, 0.3) is 0 Å². The van der Waals surface area contributed by atoms with Gasteiger partial charge in [-0.1, -0.05) is 27.2 Å². The molecule has 0 aromatic rings. The minimum atomic E-state index is 0.873. The summed E-state index contributed by atoms with van der Waals surface area (Å²) in [5, 5.41) is 3.18. The summed E-state index contributed by atoms with van der Waals surface area (Å²) < 4.78 is 0. The highest BCUT2D eigenvalue weighted by Gasteiger charge is 2.08. The van der Waals surface area contributed by atoms with E-state index in [1.165, 1.54) is 12.8 Å². The topological polar surface area (TPSA) is 12.0 Å². The molecule has 1 heteroatoms. The van der Waals surface area contributed by atoms with E-state index in [1.54, 1.807) is 0 Å². The number of hydrogen-bond donors (Lipinski definition) is 1. The van der Waals surface area contributed by atoms with Crippen molar-refractivity contribution in [2.24, 2.45) is 11.8 Å². The summed E-state index contributed by atoms with van der Waals surface area (Å²) in [5.74, 6) is 1.76. The van der Waals surface area contributed by atoms with Gasteiger partial charge in [-0.15, -0.1) is 0 Å². The smallest absolute Gasteiger partial charge is 0.00493 e. The Balaban J connectivity index is 3.31. The van der Waals surface area contributed by atoms with E-state index in [0.717, 1.165) is 18.4 Å². The fraction of sp³-hybridized carbons (Fsp3) is 1.00. The molecule has 10 heavy (non-hydrogen) atoms. The van der Waals surface area contributed by atoms with Crippen LogP contribution in [0.3, 0.4) is 0 Å². The van der Waals surface area contributed by atoms with Crippen molar-refractivity contribution in [1.29, 1.82) is 0 Å². The molecule has 0 aliphatic carbocycles. The molecule has 0 heterocycles. The van der Waals surface area contributed by atoms with E-state index in [-0.39, 0.29) is 0 Å². The molecule has 62 valence electrons. The van der Waals surface area contributed by atoms with Crippen molar-refractivity contribution in [1.82, 2.24) is 5.32 Å². The first-order valence-corrected chi connectivity index (χ1v) is 4.37. The molecule has 0 aliphatic heterocycles. The van der Waals surface area contributed by atoms with Crippen LogP contribution >= 0.6 is 0 Å². The molecule has 0 aliphatic rings. The normalized spacial score (nSPS) is 16.8. The van der Waals surface area contributed by atoms with Crippen LogP contribution in [0.2, 0.25) is 0 Å². The molecular weight excluding hydrogens is 122 g/mol. The fourth-order valence-electron chi connectivity index (χ4n) is 1.06. The van der Waals surface area contributed by atoms with E-state index in [9.17, 15) is 0 Å². The molecule has 0 aromatic carbocycles. The number of rotatable bonds is 5. The van der Waals surface area contributed by atoms with Gasteiger partial charge in [-0.05, 0) is 31.8 Å². The predicted octanol–water partition coefficient (Wildman–Crippen LogP) is 2.28. The monoisotopic (exact) mass is 143 g/mol. The number of nitrogens with one attached hydrogen (secondary N) is 1. The molecule has 1 nitrogen and oxygen atoms in total. The fourth-order valence-corrected chi connectivity index (χ4v) is 1.06. The van der Waals surface area contributed by atoms with E-state index < -0.39 is 0 Å². The first kappa shape index (κ1) is 9.96. The molecule has 0 radical (unpaired) electrons. The molecule has 0 rings (SSSR count). The van der Waals surface area contributed by atoms with Crippen LogP contribution in [0.1, 0.15) is 33.6 Å².